The van der Waals surface area contributed by atoms with Crippen LogP contribution in [0.25, 0.3) is 0 Å². The predicted octanol–water partition coefficient (Wildman–Crippen LogP) is 1.08. The molecule has 1 fully saturated rings. The Balaban J connectivity index is 1.91. The van der Waals surface area contributed by atoms with E-state index in [0.29, 0.717) is 13.0 Å². The molecule has 1 saturated carbocycles. The summed E-state index contributed by atoms with van der Waals surface area (Å²) in [5.41, 5.74) is -0.00892. The van der Waals surface area contributed by atoms with Crippen LogP contribution in [0.3, 0.4) is 0 Å². The molecule has 0 spiro atoms. The van der Waals surface area contributed by atoms with Crippen molar-refractivity contribution in [3.05, 3.63) is 12.2 Å². The average molecular weight is 265 g/mol. The van der Waals surface area contributed by atoms with Gasteiger partial charge in [-0.1, -0.05) is 19.3 Å². The molecule has 1 aliphatic carbocycles. The molecule has 1 aliphatic rings. The maximum atomic E-state index is 12.3. The zero-order valence-electron chi connectivity index (χ0n) is 11.8. The largest absolute Gasteiger partial charge is 0.338 e. The molecule has 19 heavy (non-hydrogen) atoms. The van der Waals surface area contributed by atoms with Crippen molar-refractivity contribution in [1.29, 1.82) is 0 Å². The molecule has 0 atom stereocenters. The van der Waals surface area contributed by atoms with Gasteiger partial charge in [-0.2, -0.15) is 5.10 Å². The predicted molar refractivity (Wildman–Crippen MR) is 72.3 cm³/mol. The summed E-state index contributed by atoms with van der Waals surface area (Å²) in [6.07, 6.45) is 7.90. The molecule has 6 nitrogen and oxygen atoms in total. The van der Waals surface area contributed by atoms with E-state index in [1.165, 1.54) is 25.6 Å². The van der Waals surface area contributed by atoms with Crippen molar-refractivity contribution >= 4 is 5.91 Å². The third kappa shape index (κ3) is 3.53. The quantitative estimate of drug-likeness (QED) is 0.835. The van der Waals surface area contributed by atoms with Crippen molar-refractivity contribution in [1.82, 2.24) is 25.4 Å². The maximum absolute atomic E-state index is 12.3. The molecule has 0 unspecified atom stereocenters. The smallest absolute Gasteiger partial charge is 0.224 e. The first-order chi connectivity index (χ1) is 9.15. The Morgan fingerprint density at radius 1 is 1.47 bits per heavy atom. The van der Waals surface area contributed by atoms with Gasteiger partial charge in [-0.05, 0) is 19.9 Å². The van der Waals surface area contributed by atoms with Gasteiger partial charge in [-0.15, -0.1) is 0 Å². The van der Waals surface area contributed by atoms with E-state index in [1.807, 2.05) is 14.1 Å². The number of rotatable bonds is 5. The van der Waals surface area contributed by atoms with Gasteiger partial charge < -0.3 is 10.2 Å². The Hall–Kier alpha value is -1.43. The van der Waals surface area contributed by atoms with E-state index >= 15 is 0 Å². The fourth-order valence-electron chi connectivity index (χ4n) is 2.79. The first kappa shape index (κ1) is 14.0. The van der Waals surface area contributed by atoms with Gasteiger partial charge in [-0.3, -0.25) is 9.89 Å². The Labute approximate surface area is 114 Å². The average Bonchev–Trinajstić information content (AvgIpc) is 2.92. The molecule has 6 heteroatoms. The van der Waals surface area contributed by atoms with Crippen LogP contribution in [0.2, 0.25) is 0 Å². The summed E-state index contributed by atoms with van der Waals surface area (Å²) < 4.78 is 0. The van der Waals surface area contributed by atoms with Gasteiger partial charge in [0, 0.05) is 19.0 Å². The number of hydrogen-bond donors (Lipinski definition) is 2. The lowest BCUT2D eigenvalue weighted by Gasteiger charge is -2.37. The van der Waals surface area contributed by atoms with Crippen LogP contribution >= 0.6 is 0 Å². The van der Waals surface area contributed by atoms with Gasteiger partial charge in [0.05, 0.1) is 6.54 Å². The summed E-state index contributed by atoms with van der Waals surface area (Å²) in [7, 11) is 3.78. The lowest BCUT2D eigenvalue weighted by atomic mass is 9.79. The molecule has 0 radical (unpaired) electrons. The van der Waals surface area contributed by atoms with Crippen LogP contribution < -0.4 is 5.32 Å². The number of aromatic nitrogens is 3. The van der Waals surface area contributed by atoms with Crippen LogP contribution in [0.4, 0.5) is 0 Å². The van der Waals surface area contributed by atoms with Crippen molar-refractivity contribution in [3.8, 4) is 0 Å². The number of carbonyl (C=O) groups excluding carboxylic acids is 1. The number of nitrogens with zero attached hydrogens (tertiary/aromatic N) is 3. The van der Waals surface area contributed by atoms with Crippen molar-refractivity contribution in [2.45, 2.75) is 50.6 Å². The molecule has 1 heterocycles. The molecule has 1 aromatic rings. The van der Waals surface area contributed by atoms with Gasteiger partial charge in [0.15, 0.2) is 0 Å². The first-order valence-corrected chi connectivity index (χ1v) is 6.92. The third-order valence-corrected chi connectivity index (χ3v) is 4.11. The molecule has 0 aliphatic heterocycles. The first-order valence-electron chi connectivity index (χ1n) is 6.92. The van der Waals surface area contributed by atoms with Gasteiger partial charge in [0.1, 0.15) is 12.2 Å². The topological polar surface area (TPSA) is 73.9 Å². The summed E-state index contributed by atoms with van der Waals surface area (Å²) in [5.74, 6) is 0.880. The van der Waals surface area contributed by atoms with E-state index in [9.17, 15) is 4.79 Å². The SMILES string of the molecule is CNC1(CC(=O)N(C)Cc2ncn[nH]2)CCCCC1. The lowest BCUT2D eigenvalue weighted by molar-refractivity contribution is -0.132. The molecule has 2 N–H and O–H groups in total. The second-order valence-corrected chi connectivity index (χ2v) is 5.45. The van der Waals surface area contributed by atoms with Crippen LogP contribution in [0.15, 0.2) is 6.33 Å². The van der Waals surface area contributed by atoms with Crippen LogP contribution in [-0.2, 0) is 11.3 Å². The number of H-pyrrole nitrogens is 1. The molecule has 1 aromatic heterocycles. The molecule has 0 saturated heterocycles. The van der Waals surface area contributed by atoms with Crippen molar-refractivity contribution in [2.24, 2.45) is 0 Å². The van der Waals surface area contributed by atoms with Crippen LogP contribution in [-0.4, -0.2) is 45.6 Å². The van der Waals surface area contributed by atoms with Gasteiger partial charge in [-0.25, -0.2) is 4.98 Å². The monoisotopic (exact) mass is 265 g/mol. The van der Waals surface area contributed by atoms with E-state index in [2.05, 4.69) is 20.5 Å². The van der Waals surface area contributed by atoms with E-state index in [-0.39, 0.29) is 11.4 Å². The highest BCUT2D eigenvalue weighted by Crippen LogP contribution is 2.31. The fraction of sp³-hybridized carbons (Fsp3) is 0.769. The standard InChI is InChI=1S/C13H23N5O/c1-14-13(6-4-3-5-7-13)8-12(19)18(2)9-11-15-10-16-17-11/h10,14H,3-9H2,1-2H3,(H,15,16,17). The minimum atomic E-state index is -0.00892. The molecule has 106 valence electrons. The van der Waals surface area contributed by atoms with Crippen molar-refractivity contribution < 1.29 is 4.79 Å². The van der Waals surface area contributed by atoms with Gasteiger partial charge in [0.2, 0.25) is 5.91 Å². The van der Waals surface area contributed by atoms with Gasteiger partial charge >= 0.3 is 0 Å². The summed E-state index contributed by atoms with van der Waals surface area (Å²) in [6, 6.07) is 0. The van der Waals surface area contributed by atoms with Crippen LogP contribution in [0, 0.1) is 0 Å². The molecular weight excluding hydrogens is 242 g/mol. The molecule has 2 rings (SSSR count). The van der Waals surface area contributed by atoms with E-state index in [4.69, 9.17) is 0 Å². The lowest BCUT2D eigenvalue weighted by Crippen LogP contribution is -2.48. The highest BCUT2D eigenvalue weighted by atomic mass is 16.2. The number of nitrogens with one attached hydrogen (secondary N) is 2. The highest BCUT2D eigenvalue weighted by Gasteiger charge is 2.33. The molecular formula is C13H23N5O. The number of hydrogen-bond acceptors (Lipinski definition) is 4. The number of aromatic amines is 1. The molecule has 0 bridgehead atoms. The van der Waals surface area contributed by atoms with E-state index in [0.717, 1.165) is 18.7 Å². The molecule has 0 aromatic carbocycles. The number of amides is 1. The van der Waals surface area contributed by atoms with Crippen LogP contribution in [0.1, 0.15) is 44.3 Å². The normalized spacial score (nSPS) is 18.2. The summed E-state index contributed by atoms with van der Waals surface area (Å²) in [5, 5.41) is 9.95. The maximum Gasteiger partial charge on any atom is 0.224 e. The molecule has 1 amide bonds. The summed E-state index contributed by atoms with van der Waals surface area (Å²) in [4.78, 5) is 18.1. The number of carbonyl (C=O) groups is 1. The summed E-state index contributed by atoms with van der Waals surface area (Å²) >= 11 is 0. The minimum absolute atomic E-state index is 0.00892. The van der Waals surface area contributed by atoms with E-state index < -0.39 is 0 Å². The van der Waals surface area contributed by atoms with Crippen LogP contribution in [0.5, 0.6) is 0 Å². The zero-order chi connectivity index (χ0) is 13.7. The van der Waals surface area contributed by atoms with Crippen molar-refractivity contribution in [3.63, 3.8) is 0 Å². The Morgan fingerprint density at radius 2 is 2.21 bits per heavy atom. The minimum Gasteiger partial charge on any atom is -0.338 e. The zero-order valence-corrected chi connectivity index (χ0v) is 11.8. The Bertz CT molecular complexity index is 397. The second kappa shape index (κ2) is 6.14. The van der Waals surface area contributed by atoms with Gasteiger partial charge in [0.25, 0.3) is 0 Å². The Morgan fingerprint density at radius 3 is 2.79 bits per heavy atom. The summed E-state index contributed by atoms with van der Waals surface area (Å²) in [6.45, 7) is 0.485. The Kier molecular flexibility index (Phi) is 4.52. The second-order valence-electron chi connectivity index (χ2n) is 5.45. The fourth-order valence-corrected chi connectivity index (χ4v) is 2.79. The highest BCUT2D eigenvalue weighted by molar-refractivity contribution is 5.77. The third-order valence-electron chi connectivity index (χ3n) is 4.11. The van der Waals surface area contributed by atoms with E-state index in [1.54, 1.807) is 4.90 Å². The van der Waals surface area contributed by atoms with Crippen molar-refractivity contribution in [2.75, 3.05) is 14.1 Å².